The molecular formula is C10H12N4OS. The molecule has 2 aromatic rings. The molecule has 0 saturated heterocycles. The number of primary amides is 1. The van der Waals surface area contributed by atoms with Crippen molar-refractivity contribution in [2.75, 3.05) is 0 Å². The fraction of sp³-hybridized carbons (Fsp3) is 0.300. The number of carbonyl (C=O) groups is 1. The first-order valence-electron chi connectivity index (χ1n) is 4.88. The van der Waals surface area contributed by atoms with Crippen LogP contribution >= 0.6 is 12.2 Å². The van der Waals surface area contributed by atoms with Crippen molar-refractivity contribution in [2.45, 2.75) is 19.9 Å². The van der Waals surface area contributed by atoms with Crippen LogP contribution < -0.4 is 5.73 Å². The predicted molar refractivity (Wildman–Crippen MR) is 63.6 cm³/mol. The first kappa shape index (κ1) is 10.8. The van der Waals surface area contributed by atoms with Crippen LogP contribution in [-0.4, -0.2) is 20.4 Å². The average Bonchev–Trinajstić information content (AvgIpc) is 2.52. The molecule has 2 heterocycles. The minimum Gasteiger partial charge on any atom is -0.368 e. The Morgan fingerprint density at radius 1 is 1.62 bits per heavy atom. The van der Waals surface area contributed by atoms with Crippen molar-refractivity contribution in [2.24, 2.45) is 5.73 Å². The monoisotopic (exact) mass is 236 g/mol. The minimum absolute atomic E-state index is 0.430. The lowest BCUT2D eigenvalue weighted by Crippen LogP contribution is -2.24. The van der Waals surface area contributed by atoms with Gasteiger partial charge >= 0.3 is 0 Å². The summed E-state index contributed by atoms with van der Waals surface area (Å²) in [5, 5.41) is 0. The van der Waals surface area contributed by atoms with Gasteiger partial charge in [0.2, 0.25) is 5.91 Å². The van der Waals surface area contributed by atoms with Gasteiger partial charge < -0.3 is 10.7 Å². The molecule has 16 heavy (non-hydrogen) atoms. The molecule has 0 aromatic carbocycles. The molecule has 0 bridgehead atoms. The van der Waals surface area contributed by atoms with Gasteiger partial charge in [-0.3, -0.25) is 9.36 Å². The Bertz CT molecular complexity index is 613. The maximum atomic E-state index is 11.2. The van der Waals surface area contributed by atoms with Crippen LogP contribution in [0.2, 0.25) is 0 Å². The number of hydrogen-bond donors (Lipinski definition) is 2. The molecule has 1 unspecified atom stereocenters. The van der Waals surface area contributed by atoms with Gasteiger partial charge in [-0.2, -0.15) is 0 Å². The van der Waals surface area contributed by atoms with E-state index in [9.17, 15) is 4.79 Å². The van der Waals surface area contributed by atoms with E-state index in [-0.39, 0.29) is 0 Å². The lowest BCUT2D eigenvalue weighted by atomic mass is 10.3. The average molecular weight is 236 g/mol. The Morgan fingerprint density at radius 2 is 2.31 bits per heavy atom. The smallest absolute Gasteiger partial charge is 0.240 e. The van der Waals surface area contributed by atoms with Crippen molar-refractivity contribution in [1.29, 1.82) is 0 Å². The van der Waals surface area contributed by atoms with Gasteiger partial charge in [-0.15, -0.1) is 0 Å². The van der Waals surface area contributed by atoms with Gasteiger partial charge in [0.05, 0.1) is 5.52 Å². The van der Waals surface area contributed by atoms with Crippen LogP contribution in [0.3, 0.4) is 0 Å². The van der Waals surface area contributed by atoms with E-state index < -0.39 is 11.9 Å². The van der Waals surface area contributed by atoms with E-state index in [0.29, 0.717) is 10.4 Å². The Morgan fingerprint density at radius 3 is 2.94 bits per heavy atom. The Balaban J connectivity index is 2.77. The third-order valence-corrected chi connectivity index (χ3v) is 2.80. The van der Waals surface area contributed by atoms with Crippen LogP contribution in [0.25, 0.3) is 11.2 Å². The lowest BCUT2D eigenvalue weighted by molar-refractivity contribution is -0.120. The molecule has 0 fully saturated rings. The zero-order valence-corrected chi connectivity index (χ0v) is 9.84. The number of imidazole rings is 1. The molecule has 0 radical (unpaired) electrons. The highest BCUT2D eigenvalue weighted by Crippen LogP contribution is 2.17. The number of hydrogen-bond acceptors (Lipinski definition) is 3. The van der Waals surface area contributed by atoms with Gasteiger partial charge in [0.25, 0.3) is 0 Å². The predicted octanol–water partition coefficient (Wildman–Crippen LogP) is 1.45. The quantitative estimate of drug-likeness (QED) is 0.775. The topological polar surface area (TPSA) is 76.7 Å². The number of nitrogens with one attached hydrogen (secondary N) is 1. The van der Waals surface area contributed by atoms with E-state index in [0.717, 1.165) is 11.2 Å². The van der Waals surface area contributed by atoms with E-state index in [1.165, 1.54) is 0 Å². The molecule has 3 N–H and O–H groups in total. The zero-order chi connectivity index (χ0) is 11.9. The SMILES string of the molecule is Cc1ccc2[nH]c(=S)n(C(C)C(N)=O)c2n1. The zero-order valence-electron chi connectivity index (χ0n) is 9.02. The Hall–Kier alpha value is -1.69. The molecule has 2 rings (SSSR count). The van der Waals surface area contributed by atoms with Crippen LogP contribution in [0.15, 0.2) is 12.1 Å². The summed E-state index contributed by atoms with van der Waals surface area (Å²) in [6, 6.07) is 3.26. The second-order valence-corrected chi connectivity index (χ2v) is 4.09. The van der Waals surface area contributed by atoms with Gasteiger partial charge in [0.1, 0.15) is 6.04 Å². The first-order valence-corrected chi connectivity index (χ1v) is 5.28. The van der Waals surface area contributed by atoms with Crippen molar-refractivity contribution in [3.8, 4) is 0 Å². The Labute approximate surface area is 97.3 Å². The molecule has 5 nitrogen and oxygen atoms in total. The lowest BCUT2D eigenvalue weighted by Gasteiger charge is -2.09. The molecule has 1 amide bonds. The van der Waals surface area contributed by atoms with Gasteiger partial charge in [-0.1, -0.05) is 0 Å². The van der Waals surface area contributed by atoms with Crippen LogP contribution in [0, 0.1) is 11.7 Å². The van der Waals surface area contributed by atoms with Crippen LogP contribution in [0.1, 0.15) is 18.7 Å². The minimum atomic E-state index is -0.504. The molecule has 84 valence electrons. The number of pyridine rings is 1. The number of carbonyl (C=O) groups excluding carboxylic acids is 1. The summed E-state index contributed by atoms with van der Waals surface area (Å²) in [6.07, 6.45) is 0. The fourth-order valence-electron chi connectivity index (χ4n) is 1.58. The highest BCUT2D eigenvalue weighted by Gasteiger charge is 2.16. The van der Waals surface area contributed by atoms with Crippen molar-refractivity contribution in [1.82, 2.24) is 14.5 Å². The number of fused-ring (bicyclic) bond motifs is 1. The number of H-pyrrole nitrogens is 1. The van der Waals surface area contributed by atoms with Crippen molar-refractivity contribution >= 4 is 29.3 Å². The maximum Gasteiger partial charge on any atom is 0.240 e. The summed E-state index contributed by atoms with van der Waals surface area (Å²) >= 11 is 5.15. The number of amides is 1. The van der Waals surface area contributed by atoms with Crippen molar-refractivity contribution < 1.29 is 4.79 Å². The van der Waals surface area contributed by atoms with Crippen LogP contribution in [0.4, 0.5) is 0 Å². The molecule has 0 spiro atoms. The highest BCUT2D eigenvalue weighted by molar-refractivity contribution is 7.71. The van der Waals surface area contributed by atoms with E-state index in [1.807, 2.05) is 19.1 Å². The first-order chi connectivity index (χ1) is 7.50. The number of rotatable bonds is 2. The second-order valence-electron chi connectivity index (χ2n) is 3.70. The van der Waals surface area contributed by atoms with Crippen molar-refractivity contribution in [3.63, 3.8) is 0 Å². The summed E-state index contributed by atoms with van der Waals surface area (Å²) in [5.74, 6) is -0.430. The van der Waals surface area contributed by atoms with Gasteiger partial charge in [0.15, 0.2) is 10.4 Å². The highest BCUT2D eigenvalue weighted by atomic mass is 32.1. The summed E-state index contributed by atoms with van der Waals surface area (Å²) in [4.78, 5) is 18.5. The third-order valence-electron chi connectivity index (χ3n) is 2.50. The molecule has 0 aliphatic heterocycles. The molecule has 0 saturated carbocycles. The third kappa shape index (κ3) is 1.61. The summed E-state index contributed by atoms with van der Waals surface area (Å²) in [7, 11) is 0. The molecule has 2 aromatic heterocycles. The second kappa shape index (κ2) is 3.71. The van der Waals surface area contributed by atoms with Crippen molar-refractivity contribution in [3.05, 3.63) is 22.6 Å². The standard InChI is InChI=1S/C10H12N4OS/c1-5-3-4-7-9(12-5)14(10(16)13-7)6(2)8(11)15/h3-4,6H,1-2H3,(H2,11,15)(H,13,16). The Kier molecular flexibility index (Phi) is 2.51. The normalized spacial score (nSPS) is 12.9. The van der Waals surface area contributed by atoms with E-state index in [2.05, 4.69) is 9.97 Å². The summed E-state index contributed by atoms with van der Waals surface area (Å²) in [5.41, 5.74) is 7.62. The largest absolute Gasteiger partial charge is 0.368 e. The number of aromatic amines is 1. The fourth-order valence-corrected chi connectivity index (χ4v) is 1.94. The number of aryl methyl sites for hydroxylation is 1. The number of aromatic nitrogens is 3. The maximum absolute atomic E-state index is 11.2. The molecule has 0 aliphatic carbocycles. The summed E-state index contributed by atoms with van der Waals surface area (Å²) < 4.78 is 2.10. The van der Waals surface area contributed by atoms with E-state index in [4.69, 9.17) is 18.0 Å². The van der Waals surface area contributed by atoms with Gasteiger partial charge in [0, 0.05) is 5.69 Å². The van der Waals surface area contributed by atoms with Crippen LogP contribution in [0.5, 0.6) is 0 Å². The molecular weight excluding hydrogens is 224 g/mol. The van der Waals surface area contributed by atoms with Crippen LogP contribution in [-0.2, 0) is 4.79 Å². The summed E-state index contributed by atoms with van der Waals surface area (Å²) in [6.45, 7) is 3.59. The number of nitrogens with two attached hydrogens (primary N) is 1. The van der Waals surface area contributed by atoms with E-state index in [1.54, 1.807) is 11.5 Å². The number of nitrogens with zero attached hydrogens (tertiary/aromatic N) is 2. The van der Waals surface area contributed by atoms with Gasteiger partial charge in [-0.25, -0.2) is 4.98 Å². The van der Waals surface area contributed by atoms with Gasteiger partial charge in [-0.05, 0) is 38.2 Å². The molecule has 6 heteroatoms. The van der Waals surface area contributed by atoms with E-state index >= 15 is 0 Å². The molecule has 0 aliphatic rings. The molecule has 1 atom stereocenters.